The molecule has 0 amide bonds. The lowest BCUT2D eigenvalue weighted by Gasteiger charge is -2.24. The summed E-state index contributed by atoms with van der Waals surface area (Å²) in [5, 5.41) is 6.50. The molecule has 1 saturated carbocycles. The van der Waals surface area contributed by atoms with Crippen LogP contribution in [0.1, 0.15) is 25.7 Å². The van der Waals surface area contributed by atoms with Gasteiger partial charge in [0.25, 0.3) is 0 Å². The van der Waals surface area contributed by atoms with Crippen molar-refractivity contribution in [1.82, 2.24) is 9.88 Å². The van der Waals surface area contributed by atoms with Gasteiger partial charge in [-0.25, -0.2) is 4.98 Å². The molecule has 0 atom stereocenters. The van der Waals surface area contributed by atoms with Gasteiger partial charge in [0.15, 0.2) is 0 Å². The van der Waals surface area contributed by atoms with Gasteiger partial charge in [-0.05, 0) is 26.0 Å². The van der Waals surface area contributed by atoms with Crippen LogP contribution in [0.25, 0.3) is 0 Å². The third kappa shape index (κ3) is 3.60. The minimum atomic E-state index is 0.803. The van der Waals surface area contributed by atoms with Crippen LogP contribution in [-0.2, 0) is 0 Å². The van der Waals surface area contributed by atoms with Gasteiger partial charge in [0, 0.05) is 44.1 Å². The Morgan fingerprint density at radius 2 is 2.17 bits per heavy atom. The molecule has 4 heteroatoms. The fourth-order valence-electron chi connectivity index (χ4n) is 2.58. The van der Waals surface area contributed by atoms with Crippen molar-refractivity contribution in [3.05, 3.63) is 18.3 Å². The number of aromatic nitrogens is 1. The molecule has 100 valence electrons. The quantitative estimate of drug-likeness (QED) is 0.811. The van der Waals surface area contributed by atoms with Crippen LogP contribution < -0.4 is 10.6 Å². The van der Waals surface area contributed by atoms with Crippen molar-refractivity contribution in [3.8, 4) is 0 Å². The summed E-state index contributed by atoms with van der Waals surface area (Å²) in [7, 11) is 4.13. The minimum Gasteiger partial charge on any atom is -0.384 e. The second kappa shape index (κ2) is 6.59. The van der Waals surface area contributed by atoms with Crippen molar-refractivity contribution < 1.29 is 0 Å². The molecule has 4 nitrogen and oxygen atoms in total. The second-order valence-corrected chi connectivity index (χ2v) is 5.03. The van der Waals surface area contributed by atoms with Crippen LogP contribution in [-0.4, -0.2) is 43.1 Å². The molecule has 0 saturated heterocycles. The van der Waals surface area contributed by atoms with E-state index < -0.39 is 0 Å². The fourth-order valence-corrected chi connectivity index (χ4v) is 2.58. The Bertz CT molecular complexity index is 361. The maximum absolute atomic E-state index is 4.20. The molecule has 1 aliphatic carbocycles. The summed E-state index contributed by atoms with van der Waals surface area (Å²) in [5.41, 5.74) is 1.13. The molecule has 2 N–H and O–H groups in total. The van der Waals surface area contributed by atoms with E-state index in [-0.39, 0.29) is 0 Å². The highest BCUT2D eigenvalue weighted by molar-refractivity contribution is 5.51. The van der Waals surface area contributed by atoms with E-state index in [0.717, 1.165) is 30.6 Å². The Morgan fingerprint density at radius 1 is 1.39 bits per heavy atom. The lowest BCUT2D eigenvalue weighted by molar-refractivity contribution is 0.254. The number of hydrogen-bond donors (Lipinski definition) is 2. The molecule has 0 aromatic carbocycles. The first-order chi connectivity index (χ1) is 8.79. The van der Waals surface area contributed by atoms with Gasteiger partial charge in [-0.2, -0.15) is 0 Å². The maximum atomic E-state index is 4.20. The number of nitrogens with zero attached hydrogens (tertiary/aromatic N) is 2. The average molecular weight is 248 g/mol. The first kappa shape index (κ1) is 13.1. The average Bonchev–Trinajstić information content (AvgIpc) is 2.93. The van der Waals surface area contributed by atoms with Gasteiger partial charge in [-0.15, -0.1) is 0 Å². The minimum absolute atomic E-state index is 0.803. The highest BCUT2D eigenvalue weighted by Gasteiger charge is 2.18. The standard InChI is InChI=1S/C14H24N4/c1-15-14-11-12(7-8-17-14)16-9-10-18(2)13-5-3-4-6-13/h7-8,11,13H,3-6,9-10H2,1-2H3,(H2,15,16,17). The first-order valence-corrected chi connectivity index (χ1v) is 6.87. The molecule has 2 rings (SSSR count). The molecule has 1 aromatic heterocycles. The molecule has 0 aliphatic heterocycles. The molecule has 1 aliphatic rings. The smallest absolute Gasteiger partial charge is 0.127 e. The van der Waals surface area contributed by atoms with Crippen LogP contribution in [0.3, 0.4) is 0 Å². The zero-order valence-electron chi connectivity index (χ0n) is 11.4. The number of anilines is 2. The molecular formula is C14H24N4. The van der Waals surface area contributed by atoms with Gasteiger partial charge in [-0.3, -0.25) is 0 Å². The Labute approximate surface area is 110 Å². The number of hydrogen-bond acceptors (Lipinski definition) is 4. The molecule has 0 spiro atoms. The van der Waals surface area contributed by atoms with E-state index in [0.29, 0.717) is 0 Å². The number of rotatable bonds is 6. The monoisotopic (exact) mass is 248 g/mol. The fraction of sp³-hybridized carbons (Fsp3) is 0.643. The third-order valence-electron chi connectivity index (χ3n) is 3.76. The van der Waals surface area contributed by atoms with Crippen molar-refractivity contribution in [1.29, 1.82) is 0 Å². The predicted octanol–water partition coefficient (Wildman–Crippen LogP) is 2.41. The van der Waals surface area contributed by atoms with E-state index in [1.54, 1.807) is 0 Å². The van der Waals surface area contributed by atoms with Gasteiger partial charge in [-0.1, -0.05) is 12.8 Å². The van der Waals surface area contributed by atoms with Crippen molar-refractivity contribution >= 4 is 11.5 Å². The molecule has 0 unspecified atom stereocenters. The Morgan fingerprint density at radius 3 is 2.89 bits per heavy atom. The second-order valence-electron chi connectivity index (χ2n) is 5.03. The van der Waals surface area contributed by atoms with Crippen molar-refractivity contribution in [2.45, 2.75) is 31.7 Å². The van der Waals surface area contributed by atoms with Gasteiger partial charge in [0.05, 0.1) is 0 Å². The first-order valence-electron chi connectivity index (χ1n) is 6.87. The lowest BCUT2D eigenvalue weighted by Crippen LogP contribution is -2.33. The SMILES string of the molecule is CNc1cc(NCCN(C)C2CCCC2)ccn1. The summed E-state index contributed by atoms with van der Waals surface area (Å²) < 4.78 is 0. The molecule has 1 fully saturated rings. The summed E-state index contributed by atoms with van der Waals surface area (Å²) in [5.74, 6) is 0.907. The highest BCUT2D eigenvalue weighted by Crippen LogP contribution is 2.22. The van der Waals surface area contributed by atoms with Gasteiger partial charge in [0.1, 0.15) is 5.82 Å². The molecule has 1 heterocycles. The Balaban J connectivity index is 1.73. The van der Waals surface area contributed by atoms with E-state index in [2.05, 4.69) is 27.6 Å². The summed E-state index contributed by atoms with van der Waals surface area (Å²) in [4.78, 5) is 6.69. The van der Waals surface area contributed by atoms with E-state index in [9.17, 15) is 0 Å². The number of pyridine rings is 1. The molecule has 1 aromatic rings. The van der Waals surface area contributed by atoms with Gasteiger partial charge in [0.2, 0.25) is 0 Å². The Kier molecular flexibility index (Phi) is 4.81. The third-order valence-corrected chi connectivity index (χ3v) is 3.76. The van der Waals surface area contributed by atoms with Crippen molar-refractivity contribution in [2.75, 3.05) is 37.8 Å². The lowest BCUT2D eigenvalue weighted by atomic mass is 10.2. The van der Waals surface area contributed by atoms with Gasteiger partial charge >= 0.3 is 0 Å². The number of likely N-dealkylation sites (N-methyl/N-ethyl adjacent to an activating group) is 1. The zero-order chi connectivity index (χ0) is 12.8. The van der Waals surface area contributed by atoms with E-state index in [1.807, 2.05) is 25.4 Å². The van der Waals surface area contributed by atoms with Crippen LogP contribution in [0, 0.1) is 0 Å². The van der Waals surface area contributed by atoms with Crippen LogP contribution in [0.15, 0.2) is 18.3 Å². The Hall–Kier alpha value is -1.29. The van der Waals surface area contributed by atoms with Crippen molar-refractivity contribution in [3.63, 3.8) is 0 Å². The van der Waals surface area contributed by atoms with E-state index in [4.69, 9.17) is 0 Å². The van der Waals surface area contributed by atoms with E-state index >= 15 is 0 Å². The van der Waals surface area contributed by atoms with Crippen molar-refractivity contribution in [2.24, 2.45) is 0 Å². The predicted molar refractivity (Wildman–Crippen MR) is 77.2 cm³/mol. The van der Waals surface area contributed by atoms with Crippen LogP contribution >= 0.6 is 0 Å². The molecule has 0 bridgehead atoms. The number of nitrogens with one attached hydrogen (secondary N) is 2. The summed E-state index contributed by atoms with van der Waals surface area (Å²) in [6.45, 7) is 2.09. The van der Waals surface area contributed by atoms with Gasteiger partial charge < -0.3 is 15.5 Å². The largest absolute Gasteiger partial charge is 0.384 e. The highest BCUT2D eigenvalue weighted by atomic mass is 15.1. The molecular weight excluding hydrogens is 224 g/mol. The van der Waals surface area contributed by atoms with E-state index in [1.165, 1.54) is 25.7 Å². The normalized spacial score (nSPS) is 16.2. The van der Waals surface area contributed by atoms with Crippen LogP contribution in [0.2, 0.25) is 0 Å². The summed E-state index contributed by atoms with van der Waals surface area (Å²) in [6.07, 6.45) is 7.37. The summed E-state index contributed by atoms with van der Waals surface area (Å²) in [6, 6.07) is 4.85. The maximum Gasteiger partial charge on any atom is 0.127 e. The molecule has 0 radical (unpaired) electrons. The van der Waals surface area contributed by atoms with Crippen LogP contribution in [0.4, 0.5) is 11.5 Å². The molecule has 18 heavy (non-hydrogen) atoms. The van der Waals surface area contributed by atoms with Crippen LogP contribution in [0.5, 0.6) is 0 Å². The summed E-state index contributed by atoms with van der Waals surface area (Å²) >= 11 is 0. The topological polar surface area (TPSA) is 40.2 Å². The zero-order valence-corrected chi connectivity index (χ0v) is 11.4.